The highest BCUT2D eigenvalue weighted by Gasteiger charge is 2.42. The largest absolute Gasteiger partial charge is 0.461 e. The molecule has 1 saturated heterocycles. The highest BCUT2D eigenvalue weighted by atomic mass is 19.3. The molecule has 0 atom stereocenters. The lowest BCUT2D eigenvalue weighted by Gasteiger charge is -2.27. The number of esters is 1. The number of carbonyl (C=O) groups excluding carboxylic acids is 1. The van der Waals surface area contributed by atoms with Gasteiger partial charge in [-0.1, -0.05) is 0 Å². The van der Waals surface area contributed by atoms with Crippen molar-refractivity contribution in [2.24, 2.45) is 0 Å². The Morgan fingerprint density at radius 3 is 2.64 bits per heavy atom. The third-order valence-corrected chi connectivity index (χ3v) is 1.68. The van der Waals surface area contributed by atoms with Crippen LogP contribution >= 0.6 is 0 Å². The molecule has 0 saturated carbocycles. The highest BCUT2D eigenvalue weighted by Crippen LogP contribution is 2.18. The minimum absolute atomic E-state index is 0.0685. The van der Waals surface area contributed by atoms with Gasteiger partial charge in [0.15, 0.2) is 0 Å². The Bertz CT molecular complexity index is 204. The van der Waals surface area contributed by atoms with E-state index >= 15 is 0 Å². The van der Waals surface area contributed by atoms with Crippen LogP contribution in [0.4, 0.5) is 8.78 Å². The number of hydrogen-bond acceptors (Lipinski definition) is 4. The van der Waals surface area contributed by atoms with Crippen LogP contribution in [0.2, 0.25) is 0 Å². The minimum Gasteiger partial charge on any atom is -0.461 e. The monoisotopic (exact) mass is 210 g/mol. The maximum Gasteiger partial charge on any atom is 0.379 e. The van der Waals surface area contributed by atoms with Crippen molar-refractivity contribution in [3.05, 3.63) is 0 Å². The van der Waals surface area contributed by atoms with Crippen molar-refractivity contribution in [2.45, 2.75) is 19.0 Å². The van der Waals surface area contributed by atoms with Crippen molar-refractivity contribution in [2.75, 3.05) is 26.4 Å². The summed E-state index contributed by atoms with van der Waals surface area (Å²) in [5.74, 6) is -5.11. The van der Waals surface area contributed by atoms with Gasteiger partial charge in [-0.15, -0.1) is 0 Å². The first kappa shape index (κ1) is 11.3. The summed E-state index contributed by atoms with van der Waals surface area (Å²) in [6.45, 7) is 1.06. The quantitative estimate of drug-likeness (QED) is 0.623. The molecule has 14 heavy (non-hydrogen) atoms. The lowest BCUT2D eigenvalue weighted by molar-refractivity contribution is -0.197. The van der Waals surface area contributed by atoms with Gasteiger partial charge in [0.25, 0.3) is 0 Å². The first-order valence-corrected chi connectivity index (χ1v) is 4.30. The summed E-state index contributed by atoms with van der Waals surface area (Å²) >= 11 is 0. The molecule has 0 aliphatic carbocycles. The van der Waals surface area contributed by atoms with E-state index in [0.717, 1.165) is 0 Å². The Morgan fingerprint density at radius 1 is 1.57 bits per heavy atom. The summed E-state index contributed by atoms with van der Waals surface area (Å²) in [5, 5.41) is 0. The van der Waals surface area contributed by atoms with Crippen LogP contribution in [0.3, 0.4) is 0 Å². The van der Waals surface area contributed by atoms with E-state index in [1.54, 1.807) is 0 Å². The Morgan fingerprint density at radius 2 is 2.21 bits per heavy atom. The zero-order chi connectivity index (χ0) is 10.6. The molecule has 82 valence electrons. The molecule has 1 heterocycles. The van der Waals surface area contributed by atoms with Gasteiger partial charge >= 0.3 is 11.9 Å². The van der Waals surface area contributed by atoms with E-state index in [4.69, 9.17) is 9.47 Å². The Balaban J connectivity index is 2.27. The lowest BCUT2D eigenvalue weighted by Crippen LogP contribution is -2.42. The van der Waals surface area contributed by atoms with Crippen molar-refractivity contribution in [1.82, 2.24) is 0 Å². The topological polar surface area (TPSA) is 44.8 Å². The van der Waals surface area contributed by atoms with Crippen molar-refractivity contribution < 1.29 is 27.8 Å². The van der Waals surface area contributed by atoms with E-state index in [-0.39, 0.29) is 12.7 Å². The van der Waals surface area contributed by atoms with Crippen LogP contribution in [0.25, 0.3) is 0 Å². The maximum absolute atomic E-state index is 12.9. The van der Waals surface area contributed by atoms with Crippen molar-refractivity contribution in [3.8, 4) is 0 Å². The van der Waals surface area contributed by atoms with Gasteiger partial charge in [-0.2, -0.15) is 8.78 Å². The van der Waals surface area contributed by atoms with E-state index in [1.165, 1.54) is 6.92 Å². The SMILES string of the molecule is CCOC(=O)C(F)(F)COC1COC1. The molecule has 6 heteroatoms. The first-order chi connectivity index (χ1) is 6.56. The molecular weight excluding hydrogens is 198 g/mol. The van der Waals surface area contributed by atoms with E-state index in [0.29, 0.717) is 13.2 Å². The Kier molecular flexibility index (Phi) is 3.77. The molecule has 0 radical (unpaired) electrons. The van der Waals surface area contributed by atoms with Gasteiger partial charge < -0.3 is 14.2 Å². The number of carbonyl (C=O) groups is 1. The molecule has 1 rings (SSSR count). The predicted molar refractivity (Wildman–Crippen MR) is 42.1 cm³/mol. The summed E-state index contributed by atoms with van der Waals surface area (Å²) in [6, 6.07) is 0. The summed E-state index contributed by atoms with van der Waals surface area (Å²) in [6.07, 6.45) is -0.324. The zero-order valence-corrected chi connectivity index (χ0v) is 7.79. The molecular formula is C8H12F2O4. The summed E-state index contributed by atoms with van der Waals surface area (Å²) in [5.41, 5.74) is 0. The third-order valence-electron chi connectivity index (χ3n) is 1.68. The fraction of sp³-hybridized carbons (Fsp3) is 0.875. The van der Waals surface area contributed by atoms with Gasteiger partial charge in [0.2, 0.25) is 0 Å². The van der Waals surface area contributed by atoms with Crippen molar-refractivity contribution in [1.29, 1.82) is 0 Å². The number of alkyl halides is 2. The fourth-order valence-corrected chi connectivity index (χ4v) is 0.828. The van der Waals surface area contributed by atoms with Crippen LogP contribution in [-0.4, -0.2) is 44.4 Å². The molecule has 0 N–H and O–H groups in total. The molecule has 0 amide bonds. The van der Waals surface area contributed by atoms with Crippen LogP contribution < -0.4 is 0 Å². The van der Waals surface area contributed by atoms with Gasteiger partial charge in [-0.05, 0) is 6.92 Å². The van der Waals surface area contributed by atoms with Crippen LogP contribution in [0.5, 0.6) is 0 Å². The summed E-state index contributed by atoms with van der Waals surface area (Å²) < 4.78 is 39.4. The Labute approximate surface area is 80.1 Å². The second-order valence-corrected chi connectivity index (χ2v) is 2.90. The molecule has 4 nitrogen and oxygen atoms in total. The first-order valence-electron chi connectivity index (χ1n) is 4.30. The second-order valence-electron chi connectivity index (χ2n) is 2.90. The molecule has 0 bridgehead atoms. The standard InChI is InChI=1S/C8H12F2O4/c1-2-13-7(11)8(9,10)5-14-6-3-12-4-6/h6H,2-5H2,1H3. The Hall–Kier alpha value is -0.750. The van der Waals surface area contributed by atoms with Crippen molar-refractivity contribution >= 4 is 5.97 Å². The molecule has 1 fully saturated rings. The van der Waals surface area contributed by atoms with Gasteiger partial charge in [0.1, 0.15) is 12.7 Å². The number of ether oxygens (including phenoxy) is 3. The van der Waals surface area contributed by atoms with Gasteiger partial charge in [0, 0.05) is 0 Å². The van der Waals surface area contributed by atoms with Crippen molar-refractivity contribution in [3.63, 3.8) is 0 Å². The highest BCUT2D eigenvalue weighted by molar-refractivity contribution is 5.77. The number of hydrogen-bond donors (Lipinski definition) is 0. The van der Waals surface area contributed by atoms with E-state index in [9.17, 15) is 13.6 Å². The third kappa shape index (κ3) is 2.88. The number of halogens is 2. The van der Waals surface area contributed by atoms with E-state index in [2.05, 4.69) is 4.74 Å². The summed E-state index contributed by atoms with van der Waals surface area (Å²) in [7, 11) is 0. The predicted octanol–water partition coefficient (Wildman–Crippen LogP) is 0.600. The average molecular weight is 210 g/mol. The van der Waals surface area contributed by atoms with Crippen LogP contribution in [0.1, 0.15) is 6.92 Å². The lowest BCUT2D eigenvalue weighted by atomic mass is 10.3. The molecule has 0 aromatic rings. The molecule has 0 spiro atoms. The van der Waals surface area contributed by atoms with Gasteiger partial charge in [-0.25, -0.2) is 4.79 Å². The normalized spacial score (nSPS) is 17.6. The fourth-order valence-electron chi connectivity index (χ4n) is 0.828. The zero-order valence-electron chi connectivity index (χ0n) is 7.79. The molecule has 0 aromatic carbocycles. The van der Waals surface area contributed by atoms with Gasteiger partial charge in [0.05, 0.1) is 19.8 Å². The van der Waals surface area contributed by atoms with E-state index < -0.39 is 18.5 Å². The smallest absolute Gasteiger partial charge is 0.379 e. The van der Waals surface area contributed by atoms with Crippen LogP contribution in [-0.2, 0) is 19.0 Å². The number of rotatable bonds is 5. The van der Waals surface area contributed by atoms with Crippen LogP contribution in [0.15, 0.2) is 0 Å². The minimum atomic E-state index is -3.56. The molecule has 0 aromatic heterocycles. The van der Waals surface area contributed by atoms with Crippen LogP contribution in [0, 0.1) is 0 Å². The average Bonchev–Trinajstić information content (AvgIpc) is 2.01. The van der Waals surface area contributed by atoms with Gasteiger partial charge in [-0.3, -0.25) is 0 Å². The molecule has 1 aliphatic heterocycles. The molecule has 0 unspecified atom stereocenters. The van der Waals surface area contributed by atoms with E-state index in [1.807, 2.05) is 0 Å². The molecule has 1 aliphatic rings. The maximum atomic E-state index is 12.9. The summed E-state index contributed by atoms with van der Waals surface area (Å²) in [4.78, 5) is 10.7. The second kappa shape index (κ2) is 4.65.